The lowest BCUT2D eigenvalue weighted by Gasteiger charge is -2.11. The molecule has 2 aromatic rings. The Labute approximate surface area is 147 Å². The summed E-state index contributed by atoms with van der Waals surface area (Å²) in [5.74, 6) is 0.111. The van der Waals surface area contributed by atoms with Crippen LogP contribution in [-0.2, 0) is 11.3 Å². The number of nitrogens with zero attached hydrogens (tertiary/aromatic N) is 3. The van der Waals surface area contributed by atoms with Crippen molar-refractivity contribution in [2.24, 2.45) is 11.7 Å². The molecule has 2 atom stereocenters. The molecule has 1 fully saturated rings. The van der Waals surface area contributed by atoms with Gasteiger partial charge in [0, 0.05) is 17.6 Å². The molecule has 3 N–H and O–H groups in total. The molecule has 1 amide bonds. The summed E-state index contributed by atoms with van der Waals surface area (Å²) < 4.78 is 1.75. The first kappa shape index (κ1) is 19.4. The SMILES string of the molecule is Cl.Cl.NC1CCC(C(=O)Nc2cccc(Cn3cncn3)c2)C1. The molecule has 1 heterocycles. The fourth-order valence-corrected chi connectivity index (χ4v) is 2.75. The van der Waals surface area contributed by atoms with Gasteiger partial charge in [-0.25, -0.2) is 9.67 Å². The molecule has 1 aliphatic rings. The molecule has 3 rings (SSSR count). The fraction of sp³-hybridized carbons (Fsp3) is 0.400. The van der Waals surface area contributed by atoms with Crippen LogP contribution in [0, 0.1) is 5.92 Å². The van der Waals surface area contributed by atoms with E-state index in [1.54, 1.807) is 11.0 Å². The number of halogens is 2. The van der Waals surface area contributed by atoms with E-state index in [0.29, 0.717) is 6.54 Å². The molecule has 0 saturated heterocycles. The first-order chi connectivity index (χ1) is 10.2. The van der Waals surface area contributed by atoms with Crippen molar-refractivity contribution < 1.29 is 4.79 Å². The maximum absolute atomic E-state index is 12.2. The van der Waals surface area contributed by atoms with Crippen LogP contribution in [0.4, 0.5) is 5.69 Å². The van der Waals surface area contributed by atoms with Crippen molar-refractivity contribution in [2.75, 3.05) is 5.32 Å². The summed E-state index contributed by atoms with van der Waals surface area (Å²) in [7, 11) is 0. The Morgan fingerprint density at radius 1 is 1.35 bits per heavy atom. The third kappa shape index (κ3) is 5.20. The van der Waals surface area contributed by atoms with Crippen molar-refractivity contribution in [3.8, 4) is 0 Å². The summed E-state index contributed by atoms with van der Waals surface area (Å²) in [5, 5.41) is 7.06. The number of anilines is 1. The van der Waals surface area contributed by atoms with Gasteiger partial charge >= 0.3 is 0 Å². The molecule has 1 aliphatic carbocycles. The maximum Gasteiger partial charge on any atom is 0.227 e. The van der Waals surface area contributed by atoms with E-state index in [4.69, 9.17) is 5.73 Å². The second-order valence-corrected chi connectivity index (χ2v) is 5.55. The molecule has 0 spiro atoms. The molecule has 8 heteroatoms. The average molecular weight is 358 g/mol. The predicted molar refractivity (Wildman–Crippen MR) is 94.0 cm³/mol. The molecule has 0 aliphatic heterocycles. The zero-order valence-electron chi connectivity index (χ0n) is 12.6. The van der Waals surface area contributed by atoms with Gasteiger partial charge in [-0.3, -0.25) is 4.79 Å². The van der Waals surface area contributed by atoms with E-state index >= 15 is 0 Å². The zero-order valence-corrected chi connectivity index (χ0v) is 14.2. The third-order valence-corrected chi connectivity index (χ3v) is 3.85. The van der Waals surface area contributed by atoms with Crippen LogP contribution in [0.3, 0.4) is 0 Å². The van der Waals surface area contributed by atoms with Gasteiger partial charge in [0.2, 0.25) is 5.91 Å². The highest BCUT2D eigenvalue weighted by Crippen LogP contribution is 2.25. The topological polar surface area (TPSA) is 85.8 Å². The highest BCUT2D eigenvalue weighted by molar-refractivity contribution is 5.92. The van der Waals surface area contributed by atoms with E-state index in [1.165, 1.54) is 6.33 Å². The van der Waals surface area contributed by atoms with Crippen LogP contribution in [-0.4, -0.2) is 26.7 Å². The molecule has 2 unspecified atom stereocenters. The van der Waals surface area contributed by atoms with E-state index in [2.05, 4.69) is 15.4 Å². The van der Waals surface area contributed by atoms with Crippen molar-refractivity contribution in [3.63, 3.8) is 0 Å². The van der Waals surface area contributed by atoms with E-state index in [1.807, 2.05) is 24.3 Å². The average Bonchev–Trinajstić information content (AvgIpc) is 3.11. The molecule has 1 saturated carbocycles. The van der Waals surface area contributed by atoms with Crippen LogP contribution in [0.1, 0.15) is 24.8 Å². The Kier molecular flexibility index (Phi) is 7.48. The number of carbonyl (C=O) groups excluding carboxylic acids is 1. The minimum absolute atomic E-state index is 0. The molecule has 23 heavy (non-hydrogen) atoms. The number of hydrogen-bond donors (Lipinski definition) is 2. The lowest BCUT2D eigenvalue weighted by Crippen LogP contribution is -2.23. The van der Waals surface area contributed by atoms with Gasteiger partial charge < -0.3 is 11.1 Å². The van der Waals surface area contributed by atoms with Crippen molar-refractivity contribution in [1.29, 1.82) is 0 Å². The van der Waals surface area contributed by atoms with Crippen molar-refractivity contribution in [1.82, 2.24) is 14.8 Å². The van der Waals surface area contributed by atoms with E-state index in [-0.39, 0.29) is 42.7 Å². The van der Waals surface area contributed by atoms with Gasteiger partial charge in [0.25, 0.3) is 0 Å². The van der Waals surface area contributed by atoms with Gasteiger partial charge in [-0.2, -0.15) is 5.10 Å². The van der Waals surface area contributed by atoms with Crippen LogP contribution in [0.5, 0.6) is 0 Å². The lowest BCUT2D eigenvalue weighted by atomic mass is 10.1. The molecule has 1 aromatic carbocycles. The number of amides is 1. The molecule has 0 bridgehead atoms. The summed E-state index contributed by atoms with van der Waals surface area (Å²) in [6.45, 7) is 0.637. The van der Waals surface area contributed by atoms with E-state index < -0.39 is 0 Å². The lowest BCUT2D eigenvalue weighted by molar-refractivity contribution is -0.119. The summed E-state index contributed by atoms with van der Waals surface area (Å²) in [5.41, 5.74) is 7.75. The molecular formula is C15H21Cl2N5O. The van der Waals surface area contributed by atoms with Crippen LogP contribution in [0.15, 0.2) is 36.9 Å². The summed E-state index contributed by atoms with van der Waals surface area (Å²) >= 11 is 0. The van der Waals surface area contributed by atoms with Gasteiger partial charge in [-0.1, -0.05) is 12.1 Å². The number of rotatable bonds is 4. The van der Waals surface area contributed by atoms with Gasteiger partial charge in [0.15, 0.2) is 0 Å². The number of nitrogens with one attached hydrogen (secondary N) is 1. The fourth-order valence-electron chi connectivity index (χ4n) is 2.75. The Hall–Kier alpha value is -1.63. The van der Waals surface area contributed by atoms with Crippen LogP contribution in [0.2, 0.25) is 0 Å². The Morgan fingerprint density at radius 3 is 2.83 bits per heavy atom. The third-order valence-electron chi connectivity index (χ3n) is 3.85. The molecule has 6 nitrogen and oxygen atoms in total. The Morgan fingerprint density at radius 2 is 2.17 bits per heavy atom. The molecule has 1 aromatic heterocycles. The van der Waals surface area contributed by atoms with Crippen molar-refractivity contribution in [2.45, 2.75) is 31.8 Å². The minimum Gasteiger partial charge on any atom is -0.328 e. The van der Waals surface area contributed by atoms with Gasteiger partial charge in [-0.05, 0) is 37.0 Å². The first-order valence-corrected chi connectivity index (χ1v) is 7.18. The molecular weight excluding hydrogens is 337 g/mol. The summed E-state index contributed by atoms with van der Waals surface area (Å²) in [6, 6.07) is 7.97. The van der Waals surface area contributed by atoms with Crippen LogP contribution >= 0.6 is 24.8 Å². The first-order valence-electron chi connectivity index (χ1n) is 7.18. The minimum atomic E-state index is 0. The highest BCUT2D eigenvalue weighted by atomic mass is 35.5. The molecule has 0 radical (unpaired) electrons. The summed E-state index contributed by atoms with van der Waals surface area (Å²) in [6.07, 6.45) is 5.78. The number of benzene rings is 1. The van der Waals surface area contributed by atoms with Crippen LogP contribution < -0.4 is 11.1 Å². The number of nitrogens with two attached hydrogens (primary N) is 1. The number of carbonyl (C=O) groups is 1. The Balaban J connectivity index is 0.00000132. The smallest absolute Gasteiger partial charge is 0.227 e. The van der Waals surface area contributed by atoms with Crippen molar-refractivity contribution >= 4 is 36.4 Å². The van der Waals surface area contributed by atoms with Gasteiger partial charge in [0.1, 0.15) is 12.7 Å². The largest absolute Gasteiger partial charge is 0.328 e. The Bertz CT molecular complexity index is 620. The van der Waals surface area contributed by atoms with Crippen molar-refractivity contribution in [3.05, 3.63) is 42.5 Å². The predicted octanol–water partition coefficient (Wildman–Crippen LogP) is 2.24. The number of hydrogen-bond acceptors (Lipinski definition) is 4. The second kappa shape index (κ2) is 8.86. The summed E-state index contributed by atoms with van der Waals surface area (Å²) in [4.78, 5) is 16.1. The molecule has 126 valence electrons. The number of aromatic nitrogens is 3. The van der Waals surface area contributed by atoms with Gasteiger partial charge in [-0.15, -0.1) is 24.8 Å². The quantitative estimate of drug-likeness (QED) is 0.878. The second-order valence-electron chi connectivity index (χ2n) is 5.55. The maximum atomic E-state index is 12.2. The zero-order chi connectivity index (χ0) is 14.7. The van der Waals surface area contributed by atoms with E-state index in [9.17, 15) is 4.79 Å². The normalized spacial score (nSPS) is 19.5. The van der Waals surface area contributed by atoms with Gasteiger partial charge in [0.05, 0.1) is 6.54 Å². The monoisotopic (exact) mass is 357 g/mol. The van der Waals surface area contributed by atoms with Crippen LogP contribution in [0.25, 0.3) is 0 Å². The highest BCUT2D eigenvalue weighted by Gasteiger charge is 2.27. The van der Waals surface area contributed by atoms with E-state index in [0.717, 1.165) is 30.5 Å². The standard InChI is InChI=1S/C15H19N5O.2ClH/c16-13-5-4-12(7-13)15(21)19-14-3-1-2-11(6-14)8-20-10-17-9-18-20;;/h1-3,6,9-10,12-13H,4-5,7-8,16H2,(H,19,21);2*1H.